The van der Waals surface area contributed by atoms with Crippen LogP contribution < -0.4 is 29.8 Å². The van der Waals surface area contributed by atoms with Gasteiger partial charge < -0.3 is 47.0 Å². The van der Waals surface area contributed by atoms with Crippen molar-refractivity contribution in [2.75, 3.05) is 66.1 Å². The monoisotopic (exact) mass is 820 g/mol. The van der Waals surface area contributed by atoms with E-state index in [4.69, 9.17) is 37.9 Å². The van der Waals surface area contributed by atoms with Crippen LogP contribution in [0, 0.1) is 13.8 Å². The van der Waals surface area contributed by atoms with Crippen molar-refractivity contribution in [3.63, 3.8) is 0 Å². The minimum Gasteiger partial charge on any atom is -0.494 e. The topological polar surface area (TPSA) is 118 Å². The fourth-order valence-electron chi connectivity index (χ4n) is 7.52. The van der Waals surface area contributed by atoms with Gasteiger partial charge in [0.25, 0.3) is 0 Å². The third kappa shape index (κ3) is 8.51. The van der Waals surface area contributed by atoms with E-state index in [-0.39, 0.29) is 23.1 Å². The summed E-state index contributed by atoms with van der Waals surface area (Å²) in [5, 5.41) is 0. The smallest absolute Gasteiger partial charge is 0.212 e. The SMILES string of the molecule is CCOc1ccc2c(c1)CCn1c(OC[C@@H]3COCCO3)c(Br)c(=O)c(C)c1-2.CCOc1ccc2c(c1)CCn1c(OC[C@@H]3COCCO3)cc(=O)c(C)c1-2. The molecule has 0 amide bonds. The number of aryl methyl sites for hydroxylation is 2. The van der Waals surface area contributed by atoms with Crippen LogP contribution in [-0.2, 0) is 44.9 Å². The van der Waals surface area contributed by atoms with Gasteiger partial charge in [0.1, 0.15) is 41.4 Å². The number of hydrogen-bond donors (Lipinski definition) is 0. The molecule has 4 aromatic rings. The van der Waals surface area contributed by atoms with Gasteiger partial charge in [0.05, 0.1) is 64.2 Å². The first-order valence-electron chi connectivity index (χ1n) is 19.1. The van der Waals surface area contributed by atoms with Crippen LogP contribution in [0.3, 0.4) is 0 Å². The van der Waals surface area contributed by atoms with E-state index < -0.39 is 0 Å². The van der Waals surface area contributed by atoms with Crippen molar-refractivity contribution in [3.8, 4) is 45.8 Å². The molecule has 0 radical (unpaired) electrons. The van der Waals surface area contributed by atoms with Crippen LogP contribution in [0.15, 0.2) is 56.5 Å². The standard InChI is InChI=1S/C21H24BrNO5.C21H25NO5/c1-3-26-15-4-5-17-14(10-15)6-7-23-19(17)13(2)20(24)18(22)21(23)28-12-16-11-25-8-9-27-16;1-3-25-16-4-5-18-15(10-16)6-7-22-20(11-19(23)14(2)21(18)22)27-13-17-12-24-8-9-26-17/h4-5,10,16H,3,6-9,11-12H2,1-2H3;4-5,10-11,17H,3,6-9,12-13H2,1-2H3/t16-;17-/m00/s1. The molecule has 2 aromatic heterocycles. The summed E-state index contributed by atoms with van der Waals surface area (Å²) in [6.07, 6.45) is 1.48. The molecule has 0 N–H and O–H groups in total. The fourth-order valence-corrected chi connectivity index (χ4v) is 8.15. The zero-order valence-corrected chi connectivity index (χ0v) is 33.5. The average Bonchev–Trinajstić information content (AvgIpc) is 3.21. The van der Waals surface area contributed by atoms with Gasteiger partial charge in [0.2, 0.25) is 11.3 Å². The fraction of sp³-hybridized carbons (Fsp3) is 0.476. The van der Waals surface area contributed by atoms with Gasteiger partial charge in [-0.3, -0.25) is 9.59 Å². The van der Waals surface area contributed by atoms with Crippen LogP contribution in [0.2, 0.25) is 0 Å². The highest BCUT2D eigenvalue weighted by molar-refractivity contribution is 9.10. The number of hydrogen-bond acceptors (Lipinski definition) is 10. The highest BCUT2D eigenvalue weighted by atomic mass is 79.9. The molecule has 4 aliphatic rings. The zero-order valence-electron chi connectivity index (χ0n) is 32.0. The number of aromatic nitrogens is 2. The third-order valence-electron chi connectivity index (χ3n) is 10.2. The Morgan fingerprint density at radius 1 is 0.691 bits per heavy atom. The Balaban J connectivity index is 0.000000169. The molecule has 12 nitrogen and oxygen atoms in total. The third-order valence-corrected chi connectivity index (χ3v) is 10.9. The number of fused-ring (bicyclic) bond motifs is 6. The van der Waals surface area contributed by atoms with Crippen LogP contribution in [-0.4, -0.2) is 87.4 Å². The first-order valence-corrected chi connectivity index (χ1v) is 19.9. The lowest BCUT2D eigenvalue weighted by Gasteiger charge is -2.29. The van der Waals surface area contributed by atoms with Gasteiger partial charge in [-0.25, -0.2) is 0 Å². The molecule has 13 heteroatoms. The van der Waals surface area contributed by atoms with Crippen molar-refractivity contribution >= 4 is 15.9 Å². The first kappa shape index (κ1) is 39.1. The van der Waals surface area contributed by atoms with Crippen LogP contribution >= 0.6 is 15.9 Å². The second kappa shape index (κ2) is 17.8. The predicted octanol–water partition coefficient (Wildman–Crippen LogP) is 5.91. The Kier molecular flexibility index (Phi) is 12.6. The van der Waals surface area contributed by atoms with E-state index in [1.165, 1.54) is 11.1 Å². The van der Waals surface area contributed by atoms with Crippen molar-refractivity contribution in [2.24, 2.45) is 0 Å². The number of pyridine rings is 2. The summed E-state index contributed by atoms with van der Waals surface area (Å²) in [5.41, 5.74) is 7.74. The Bertz CT molecular complexity index is 2120. The predicted molar refractivity (Wildman–Crippen MR) is 211 cm³/mol. The van der Waals surface area contributed by atoms with Crippen LogP contribution in [0.4, 0.5) is 0 Å². The molecule has 4 aliphatic heterocycles. The lowest BCUT2D eigenvalue weighted by Crippen LogP contribution is -2.34. The van der Waals surface area contributed by atoms with E-state index >= 15 is 0 Å². The maximum absolute atomic E-state index is 12.9. The molecule has 0 aliphatic carbocycles. The Morgan fingerprint density at radius 3 is 1.78 bits per heavy atom. The molecule has 0 unspecified atom stereocenters. The van der Waals surface area contributed by atoms with E-state index in [2.05, 4.69) is 37.2 Å². The molecular weight excluding hydrogens is 772 g/mol. The van der Waals surface area contributed by atoms with Crippen LogP contribution in [0.1, 0.15) is 36.1 Å². The van der Waals surface area contributed by atoms with Crippen molar-refractivity contribution < 1.29 is 37.9 Å². The van der Waals surface area contributed by atoms with E-state index in [1.807, 2.05) is 52.0 Å². The summed E-state index contributed by atoms with van der Waals surface area (Å²) in [4.78, 5) is 25.4. The summed E-state index contributed by atoms with van der Waals surface area (Å²) in [6, 6.07) is 13.7. The second-order valence-corrected chi connectivity index (χ2v) is 14.6. The van der Waals surface area contributed by atoms with E-state index in [0.29, 0.717) is 87.9 Å². The molecule has 2 saturated heterocycles. The normalized spacial score (nSPS) is 18.4. The molecule has 0 spiro atoms. The first-order chi connectivity index (χ1) is 26.8. The van der Waals surface area contributed by atoms with E-state index in [1.54, 1.807) is 6.07 Å². The highest BCUT2D eigenvalue weighted by Crippen LogP contribution is 2.39. The Morgan fingerprint density at radius 2 is 1.24 bits per heavy atom. The summed E-state index contributed by atoms with van der Waals surface area (Å²) in [7, 11) is 0. The molecule has 2 atom stereocenters. The van der Waals surface area contributed by atoms with Crippen molar-refractivity contribution in [3.05, 3.63) is 89.6 Å². The summed E-state index contributed by atoms with van der Waals surface area (Å²) in [5.74, 6) is 2.87. The lowest BCUT2D eigenvalue weighted by molar-refractivity contribution is -0.102. The number of nitrogens with zero attached hydrogens (tertiary/aromatic N) is 2. The Labute approximate surface area is 329 Å². The van der Waals surface area contributed by atoms with Gasteiger partial charge in [-0.15, -0.1) is 0 Å². The van der Waals surface area contributed by atoms with Gasteiger partial charge in [-0.1, -0.05) is 0 Å². The van der Waals surface area contributed by atoms with Crippen molar-refractivity contribution in [2.45, 2.75) is 65.8 Å². The van der Waals surface area contributed by atoms with E-state index in [9.17, 15) is 9.59 Å². The highest BCUT2D eigenvalue weighted by Gasteiger charge is 2.27. The van der Waals surface area contributed by atoms with Gasteiger partial charge in [-0.2, -0.15) is 0 Å². The minimum absolute atomic E-state index is 0.0150. The molecule has 2 fully saturated rings. The van der Waals surface area contributed by atoms with Crippen LogP contribution in [0.25, 0.3) is 22.5 Å². The van der Waals surface area contributed by atoms with Gasteiger partial charge in [-0.05, 0) is 104 Å². The lowest BCUT2D eigenvalue weighted by atomic mass is 9.94. The number of rotatable bonds is 10. The average molecular weight is 822 g/mol. The minimum atomic E-state index is -0.127. The molecule has 294 valence electrons. The molecular formula is C42H49BrN2O10. The number of ether oxygens (including phenoxy) is 8. The second-order valence-electron chi connectivity index (χ2n) is 13.8. The van der Waals surface area contributed by atoms with Gasteiger partial charge in [0.15, 0.2) is 11.3 Å². The Hall–Kier alpha value is -4.14. The van der Waals surface area contributed by atoms with Crippen molar-refractivity contribution in [1.82, 2.24) is 9.13 Å². The maximum Gasteiger partial charge on any atom is 0.212 e. The zero-order chi connectivity index (χ0) is 38.5. The van der Waals surface area contributed by atoms with Gasteiger partial charge >= 0.3 is 0 Å². The molecule has 6 heterocycles. The molecule has 8 rings (SSSR count). The molecule has 55 heavy (non-hydrogen) atoms. The summed E-state index contributed by atoms with van der Waals surface area (Å²) < 4.78 is 50.1. The largest absolute Gasteiger partial charge is 0.494 e. The maximum atomic E-state index is 12.9. The van der Waals surface area contributed by atoms with E-state index in [0.717, 1.165) is 65.5 Å². The van der Waals surface area contributed by atoms with Crippen molar-refractivity contribution in [1.29, 1.82) is 0 Å². The van der Waals surface area contributed by atoms with Gasteiger partial charge in [0, 0.05) is 41.4 Å². The number of halogens is 1. The quantitative estimate of drug-likeness (QED) is 0.191. The summed E-state index contributed by atoms with van der Waals surface area (Å²) >= 11 is 3.46. The molecule has 0 bridgehead atoms. The molecule has 0 saturated carbocycles. The summed E-state index contributed by atoms with van der Waals surface area (Å²) in [6.45, 7) is 14.6. The van der Waals surface area contributed by atoms with Crippen LogP contribution in [0.5, 0.6) is 23.3 Å². The molecule has 2 aromatic carbocycles. The number of benzene rings is 2.